The molecule has 6 heteroatoms. The van der Waals surface area contributed by atoms with Crippen molar-refractivity contribution in [2.24, 2.45) is 0 Å². The summed E-state index contributed by atoms with van der Waals surface area (Å²) in [7, 11) is 0. The van der Waals surface area contributed by atoms with Crippen molar-refractivity contribution in [1.82, 2.24) is 0 Å². The largest absolute Gasteiger partial charge is 0.326 e. The minimum atomic E-state index is -0.462. The lowest BCUT2D eigenvalue weighted by molar-refractivity contribution is -0.116. The van der Waals surface area contributed by atoms with Crippen LogP contribution in [0.3, 0.4) is 0 Å². The zero-order chi connectivity index (χ0) is 24.6. The highest BCUT2D eigenvalue weighted by molar-refractivity contribution is 8.00. The van der Waals surface area contributed by atoms with Crippen molar-refractivity contribution < 1.29 is 9.59 Å². The van der Waals surface area contributed by atoms with Crippen LogP contribution >= 0.6 is 23.4 Å². The number of carbonyl (C=O) groups is 2. The molecule has 4 aromatic carbocycles. The van der Waals surface area contributed by atoms with Crippen molar-refractivity contribution in [3.05, 3.63) is 125 Å². The van der Waals surface area contributed by atoms with Crippen molar-refractivity contribution in [3.63, 3.8) is 0 Å². The summed E-state index contributed by atoms with van der Waals surface area (Å²) in [6.07, 6.45) is 0.250. The lowest BCUT2D eigenvalue weighted by Crippen LogP contribution is -2.19. The number of para-hydroxylation sites is 1. The van der Waals surface area contributed by atoms with Gasteiger partial charge in [0.1, 0.15) is 5.25 Å². The Morgan fingerprint density at radius 1 is 0.829 bits per heavy atom. The van der Waals surface area contributed by atoms with E-state index in [9.17, 15) is 9.59 Å². The molecule has 0 bridgehead atoms. The number of rotatable bonds is 8. The number of anilines is 2. The third-order valence-electron chi connectivity index (χ3n) is 5.39. The summed E-state index contributed by atoms with van der Waals surface area (Å²) in [5.41, 5.74) is 4.26. The number of nitrogens with one attached hydrogen (secondary N) is 2. The van der Waals surface area contributed by atoms with Gasteiger partial charge in [-0.25, -0.2) is 0 Å². The number of aryl methyl sites for hydroxylation is 1. The monoisotopic (exact) mass is 500 g/mol. The second-order valence-electron chi connectivity index (χ2n) is 8.09. The fraction of sp³-hybridized carbons (Fsp3) is 0.103. The van der Waals surface area contributed by atoms with Crippen molar-refractivity contribution >= 4 is 46.6 Å². The zero-order valence-electron chi connectivity index (χ0n) is 19.2. The molecule has 0 aliphatic rings. The molecule has 4 rings (SSSR count). The van der Waals surface area contributed by atoms with E-state index < -0.39 is 5.25 Å². The molecule has 4 nitrogen and oxygen atoms in total. The Hall–Kier alpha value is -3.54. The van der Waals surface area contributed by atoms with Gasteiger partial charge in [0.05, 0.1) is 6.42 Å². The van der Waals surface area contributed by atoms with Crippen LogP contribution in [0, 0.1) is 6.92 Å². The Labute approximate surface area is 214 Å². The van der Waals surface area contributed by atoms with Crippen LogP contribution in [0.25, 0.3) is 0 Å². The summed E-state index contributed by atoms with van der Waals surface area (Å²) in [4.78, 5) is 26.8. The molecule has 0 spiro atoms. The normalized spacial score (nSPS) is 11.5. The van der Waals surface area contributed by atoms with E-state index in [1.807, 2.05) is 97.9 Å². The molecule has 1 atom stereocenters. The number of amides is 2. The van der Waals surface area contributed by atoms with Crippen LogP contribution in [-0.2, 0) is 16.0 Å². The van der Waals surface area contributed by atoms with E-state index in [2.05, 4.69) is 10.6 Å². The molecule has 0 aromatic heterocycles. The summed E-state index contributed by atoms with van der Waals surface area (Å²) < 4.78 is 0. The number of halogens is 1. The molecule has 35 heavy (non-hydrogen) atoms. The van der Waals surface area contributed by atoms with Gasteiger partial charge in [-0.15, -0.1) is 11.8 Å². The Morgan fingerprint density at radius 2 is 1.54 bits per heavy atom. The maximum Gasteiger partial charge on any atom is 0.242 e. The third-order valence-corrected chi connectivity index (χ3v) is 6.89. The van der Waals surface area contributed by atoms with E-state index in [-0.39, 0.29) is 18.2 Å². The van der Waals surface area contributed by atoms with Crippen LogP contribution in [0.1, 0.15) is 21.9 Å². The minimum absolute atomic E-state index is 0.104. The average molecular weight is 501 g/mol. The predicted molar refractivity (Wildman–Crippen MR) is 145 cm³/mol. The molecule has 0 saturated carbocycles. The maximum atomic E-state index is 13.3. The van der Waals surface area contributed by atoms with E-state index >= 15 is 0 Å². The summed E-state index contributed by atoms with van der Waals surface area (Å²) in [6.45, 7) is 1.97. The second-order valence-corrected chi connectivity index (χ2v) is 9.71. The smallest absolute Gasteiger partial charge is 0.242 e. The summed E-state index contributed by atoms with van der Waals surface area (Å²) in [5.74, 6) is -0.223. The Bertz CT molecular complexity index is 1310. The zero-order valence-corrected chi connectivity index (χ0v) is 20.8. The summed E-state index contributed by atoms with van der Waals surface area (Å²) >= 11 is 7.37. The molecule has 2 amide bonds. The molecular formula is C29H25ClN2O2S. The van der Waals surface area contributed by atoms with Gasteiger partial charge in [-0.05, 0) is 60.0 Å². The summed E-state index contributed by atoms with van der Waals surface area (Å²) in [6, 6.07) is 32.2. The van der Waals surface area contributed by atoms with E-state index in [0.29, 0.717) is 10.7 Å². The van der Waals surface area contributed by atoms with Crippen LogP contribution in [-0.4, -0.2) is 11.8 Å². The quantitative estimate of drug-likeness (QED) is 0.249. The van der Waals surface area contributed by atoms with Crippen LogP contribution in [0.2, 0.25) is 5.02 Å². The van der Waals surface area contributed by atoms with Gasteiger partial charge >= 0.3 is 0 Å². The van der Waals surface area contributed by atoms with Crippen molar-refractivity contribution in [2.75, 3.05) is 10.6 Å². The van der Waals surface area contributed by atoms with Gasteiger partial charge in [-0.1, -0.05) is 78.3 Å². The fourth-order valence-corrected chi connectivity index (χ4v) is 4.80. The highest BCUT2D eigenvalue weighted by atomic mass is 35.5. The molecule has 0 radical (unpaired) electrons. The van der Waals surface area contributed by atoms with Gasteiger partial charge in [0.25, 0.3) is 0 Å². The van der Waals surface area contributed by atoms with Gasteiger partial charge in [-0.2, -0.15) is 0 Å². The van der Waals surface area contributed by atoms with Crippen LogP contribution in [0.15, 0.2) is 108 Å². The van der Waals surface area contributed by atoms with Crippen LogP contribution in [0.4, 0.5) is 11.4 Å². The first-order valence-electron chi connectivity index (χ1n) is 11.2. The first-order chi connectivity index (χ1) is 17.0. The molecule has 2 N–H and O–H groups in total. The maximum absolute atomic E-state index is 13.3. The Balaban J connectivity index is 1.49. The standard InChI is InChI=1S/C29H25ClN2O2S/c1-20-8-5-6-13-26(20)32-29(34)28(22-9-3-2-4-10-22)35-25-12-7-11-24(19-25)31-27(33)18-21-14-16-23(30)17-15-21/h2-17,19,28H,18H2,1H3,(H,31,33)(H,32,34). The number of hydrogen-bond acceptors (Lipinski definition) is 3. The van der Waals surface area contributed by atoms with E-state index in [1.54, 1.807) is 12.1 Å². The average Bonchev–Trinajstić information content (AvgIpc) is 2.86. The first kappa shape index (κ1) is 24.6. The van der Waals surface area contributed by atoms with E-state index in [1.165, 1.54) is 11.8 Å². The molecule has 176 valence electrons. The molecule has 0 saturated heterocycles. The van der Waals surface area contributed by atoms with Gasteiger partial charge in [-0.3, -0.25) is 9.59 Å². The van der Waals surface area contributed by atoms with Crippen molar-refractivity contribution in [2.45, 2.75) is 23.5 Å². The number of hydrogen-bond donors (Lipinski definition) is 2. The summed E-state index contributed by atoms with van der Waals surface area (Å²) in [5, 5.41) is 6.19. The van der Waals surface area contributed by atoms with E-state index in [4.69, 9.17) is 11.6 Å². The van der Waals surface area contributed by atoms with Crippen LogP contribution < -0.4 is 10.6 Å². The number of carbonyl (C=O) groups excluding carboxylic acids is 2. The molecule has 4 aromatic rings. The molecule has 1 unspecified atom stereocenters. The number of thioether (sulfide) groups is 1. The lowest BCUT2D eigenvalue weighted by Gasteiger charge is -2.18. The highest BCUT2D eigenvalue weighted by Crippen LogP contribution is 2.37. The van der Waals surface area contributed by atoms with Crippen molar-refractivity contribution in [1.29, 1.82) is 0 Å². The Kier molecular flexibility index (Phi) is 8.24. The lowest BCUT2D eigenvalue weighted by atomic mass is 10.1. The van der Waals surface area contributed by atoms with Gasteiger partial charge in [0.15, 0.2) is 0 Å². The molecule has 0 fully saturated rings. The fourth-order valence-electron chi connectivity index (χ4n) is 3.59. The van der Waals surface area contributed by atoms with Gasteiger partial charge in [0, 0.05) is 21.3 Å². The number of benzene rings is 4. The molecule has 0 heterocycles. The minimum Gasteiger partial charge on any atom is -0.326 e. The highest BCUT2D eigenvalue weighted by Gasteiger charge is 2.23. The van der Waals surface area contributed by atoms with Gasteiger partial charge in [0.2, 0.25) is 11.8 Å². The third kappa shape index (κ3) is 6.98. The van der Waals surface area contributed by atoms with Crippen LogP contribution in [0.5, 0.6) is 0 Å². The first-order valence-corrected chi connectivity index (χ1v) is 12.5. The molecule has 0 aliphatic carbocycles. The topological polar surface area (TPSA) is 58.2 Å². The second kappa shape index (κ2) is 11.7. The van der Waals surface area contributed by atoms with Gasteiger partial charge < -0.3 is 10.6 Å². The molecule has 0 aliphatic heterocycles. The Morgan fingerprint density at radius 3 is 2.29 bits per heavy atom. The SMILES string of the molecule is Cc1ccccc1NC(=O)C(Sc1cccc(NC(=O)Cc2ccc(Cl)cc2)c1)c1ccccc1. The van der Waals surface area contributed by atoms with Crippen molar-refractivity contribution in [3.8, 4) is 0 Å². The van der Waals surface area contributed by atoms with E-state index in [0.717, 1.165) is 27.3 Å². The molecular weight excluding hydrogens is 476 g/mol. The predicted octanol–water partition coefficient (Wildman–Crippen LogP) is 7.30.